The first-order valence-electron chi connectivity index (χ1n) is 7.41. The van der Waals surface area contributed by atoms with Gasteiger partial charge in [0.1, 0.15) is 12.3 Å². The lowest BCUT2D eigenvalue weighted by Crippen LogP contribution is -2.30. The summed E-state index contributed by atoms with van der Waals surface area (Å²) in [6.45, 7) is -0.0147. The average molecular weight is 304 g/mol. The summed E-state index contributed by atoms with van der Waals surface area (Å²) in [4.78, 5) is 12.1. The number of hydrogen-bond acceptors (Lipinski definition) is 4. The second kappa shape index (κ2) is 6.75. The van der Waals surface area contributed by atoms with Crippen LogP contribution < -0.4 is 10.3 Å². The second-order valence-corrected chi connectivity index (χ2v) is 5.20. The van der Waals surface area contributed by atoms with Crippen molar-refractivity contribution in [2.75, 3.05) is 11.6 Å². The molecule has 0 fully saturated rings. The standard InChI is InChI=1S/C18H16N4O/c19-11-12-20-18(23)16-13-17(14-7-3-1-4-8-14)22(21-16)15-9-5-2-6-10-15/h1-10,17H,12-13H2,(H,20,23). The third-order valence-electron chi connectivity index (χ3n) is 3.71. The third-order valence-corrected chi connectivity index (χ3v) is 3.71. The van der Waals surface area contributed by atoms with E-state index in [4.69, 9.17) is 5.26 Å². The van der Waals surface area contributed by atoms with E-state index in [1.54, 1.807) is 0 Å². The Hall–Kier alpha value is -3.13. The van der Waals surface area contributed by atoms with Gasteiger partial charge in [0.25, 0.3) is 5.91 Å². The van der Waals surface area contributed by atoms with E-state index < -0.39 is 0 Å². The Morgan fingerprint density at radius 3 is 2.48 bits per heavy atom. The highest BCUT2D eigenvalue weighted by Gasteiger charge is 2.32. The van der Waals surface area contributed by atoms with E-state index in [0.29, 0.717) is 12.1 Å². The van der Waals surface area contributed by atoms with Crippen molar-refractivity contribution in [2.45, 2.75) is 12.5 Å². The number of nitrogens with zero attached hydrogens (tertiary/aromatic N) is 3. The number of nitrogens with one attached hydrogen (secondary N) is 1. The molecule has 2 aromatic carbocycles. The Morgan fingerprint density at radius 1 is 1.17 bits per heavy atom. The summed E-state index contributed by atoms with van der Waals surface area (Å²) < 4.78 is 0. The highest BCUT2D eigenvalue weighted by molar-refractivity contribution is 6.39. The van der Waals surface area contributed by atoms with Crippen LogP contribution in [0.3, 0.4) is 0 Å². The third kappa shape index (κ3) is 3.22. The minimum Gasteiger partial charge on any atom is -0.338 e. The number of benzene rings is 2. The Morgan fingerprint density at radius 2 is 1.83 bits per heavy atom. The predicted molar refractivity (Wildman–Crippen MR) is 88.8 cm³/mol. The molecule has 1 N–H and O–H groups in total. The molecule has 114 valence electrons. The lowest BCUT2D eigenvalue weighted by atomic mass is 10.0. The summed E-state index contributed by atoms with van der Waals surface area (Å²) in [5.74, 6) is -0.286. The van der Waals surface area contributed by atoms with Crippen LogP contribution >= 0.6 is 0 Å². The zero-order chi connectivity index (χ0) is 16.1. The number of hydrazone groups is 1. The van der Waals surface area contributed by atoms with E-state index in [0.717, 1.165) is 11.3 Å². The maximum absolute atomic E-state index is 12.1. The molecular formula is C18H16N4O. The number of hydrogen-bond donors (Lipinski definition) is 1. The first-order chi connectivity index (χ1) is 11.3. The maximum Gasteiger partial charge on any atom is 0.268 e. The number of amides is 1. The molecule has 23 heavy (non-hydrogen) atoms. The number of carbonyl (C=O) groups excluding carboxylic acids is 1. The fourth-order valence-corrected chi connectivity index (χ4v) is 2.62. The smallest absolute Gasteiger partial charge is 0.268 e. The molecule has 1 heterocycles. The van der Waals surface area contributed by atoms with Crippen LogP contribution in [0.5, 0.6) is 0 Å². The molecule has 0 spiro atoms. The Kier molecular flexibility index (Phi) is 4.34. The van der Waals surface area contributed by atoms with Crippen LogP contribution in [0.4, 0.5) is 5.69 Å². The van der Waals surface area contributed by atoms with E-state index in [-0.39, 0.29) is 18.5 Å². The number of carbonyl (C=O) groups is 1. The molecule has 1 aliphatic rings. The lowest BCUT2D eigenvalue weighted by Gasteiger charge is -2.23. The van der Waals surface area contributed by atoms with Crippen LogP contribution in [0.25, 0.3) is 0 Å². The van der Waals surface area contributed by atoms with Gasteiger partial charge in [-0.05, 0) is 17.7 Å². The first-order valence-corrected chi connectivity index (χ1v) is 7.41. The molecule has 1 aliphatic heterocycles. The fourth-order valence-electron chi connectivity index (χ4n) is 2.62. The van der Waals surface area contributed by atoms with Gasteiger partial charge >= 0.3 is 0 Å². The summed E-state index contributed by atoms with van der Waals surface area (Å²) in [6, 6.07) is 21.6. The van der Waals surface area contributed by atoms with Gasteiger partial charge in [-0.1, -0.05) is 48.5 Å². The summed E-state index contributed by atoms with van der Waals surface area (Å²) >= 11 is 0. The average Bonchev–Trinajstić information content (AvgIpc) is 3.06. The number of nitriles is 1. The largest absolute Gasteiger partial charge is 0.338 e. The van der Waals surface area contributed by atoms with Crippen molar-refractivity contribution in [3.8, 4) is 6.07 Å². The zero-order valence-electron chi connectivity index (χ0n) is 12.5. The summed E-state index contributed by atoms with van der Waals surface area (Å²) in [5.41, 5.74) is 2.48. The van der Waals surface area contributed by atoms with Crippen molar-refractivity contribution in [1.82, 2.24) is 5.32 Å². The van der Waals surface area contributed by atoms with E-state index in [1.165, 1.54) is 0 Å². The van der Waals surface area contributed by atoms with E-state index in [1.807, 2.05) is 71.7 Å². The number of rotatable bonds is 4. The fraction of sp³-hybridized carbons (Fsp3) is 0.167. The molecule has 1 amide bonds. The molecule has 0 aromatic heterocycles. The Balaban J connectivity index is 1.91. The van der Waals surface area contributed by atoms with Crippen molar-refractivity contribution >= 4 is 17.3 Å². The van der Waals surface area contributed by atoms with Crippen LogP contribution in [-0.2, 0) is 4.79 Å². The van der Waals surface area contributed by atoms with Crippen LogP contribution in [-0.4, -0.2) is 18.2 Å². The van der Waals surface area contributed by atoms with Crippen molar-refractivity contribution in [1.29, 1.82) is 5.26 Å². The molecule has 0 aliphatic carbocycles. The molecule has 0 saturated heterocycles. The van der Waals surface area contributed by atoms with Crippen molar-refractivity contribution in [2.24, 2.45) is 5.10 Å². The van der Waals surface area contributed by atoms with Crippen molar-refractivity contribution in [3.63, 3.8) is 0 Å². The van der Waals surface area contributed by atoms with Gasteiger partial charge in [-0.25, -0.2) is 0 Å². The molecule has 0 radical (unpaired) electrons. The van der Waals surface area contributed by atoms with E-state index in [2.05, 4.69) is 10.4 Å². The monoisotopic (exact) mass is 304 g/mol. The van der Waals surface area contributed by atoms with Gasteiger partial charge in [0.05, 0.1) is 17.8 Å². The summed E-state index contributed by atoms with van der Waals surface area (Å²) in [6.07, 6.45) is 0.510. The summed E-state index contributed by atoms with van der Waals surface area (Å²) in [5, 5.41) is 17.5. The molecule has 5 nitrogen and oxygen atoms in total. The van der Waals surface area contributed by atoms with Gasteiger partial charge in [0.2, 0.25) is 0 Å². The molecule has 5 heteroatoms. The van der Waals surface area contributed by atoms with E-state index >= 15 is 0 Å². The van der Waals surface area contributed by atoms with Crippen LogP contribution in [0.15, 0.2) is 65.8 Å². The Bertz CT molecular complexity index is 750. The number of anilines is 1. The van der Waals surface area contributed by atoms with E-state index in [9.17, 15) is 4.79 Å². The predicted octanol–water partition coefficient (Wildman–Crippen LogP) is 2.63. The van der Waals surface area contributed by atoms with Gasteiger partial charge < -0.3 is 5.32 Å². The summed E-state index contributed by atoms with van der Waals surface area (Å²) in [7, 11) is 0. The SMILES string of the molecule is N#CCNC(=O)C1=NN(c2ccccc2)C(c2ccccc2)C1. The minimum absolute atomic E-state index is 0.0147. The molecular weight excluding hydrogens is 288 g/mol. The zero-order valence-corrected chi connectivity index (χ0v) is 12.5. The normalized spacial score (nSPS) is 16.6. The Labute approximate surface area is 134 Å². The molecule has 0 saturated carbocycles. The van der Waals surface area contributed by atoms with Gasteiger partial charge in [-0.2, -0.15) is 10.4 Å². The lowest BCUT2D eigenvalue weighted by molar-refractivity contribution is -0.114. The molecule has 3 rings (SSSR count). The quantitative estimate of drug-likeness (QED) is 0.883. The van der Waals surface area contributed by atoms with Crippen molar-refractivity contribution in [3.05, 3.63) is 66.2 Å². The van der Waals surface area contributed by atoms with Crippen LogP contribution in [0.1, 0.15) is 18.0 Å². The van der Waals surface area contributed by atoms with Gasteiger partial charge in [-0.3, -0.25) is 9.80 Å². The number of para-hydroxylation sites is 1. The van der Waals surface area contributed by atoms with Gasteiger partial charge in [0, 0.05) is 6.42 Å². The van der Waals surface area contributed by atoms with Crippen LogP contribution in [0.2, 0.25) is 0 Å². The highest BCUT2D eigenvalue weighted by Crippen LogP contribution is 2.34. The van der Waals surface area contributed by atoms with Gasteiger partial charge in [-0.15, -0.1) is 0 Å². The van der Waals surface area contributed by atoms with Crippen molar-refractivity contribution < 1.29 is 4.79 Å². The van der Waals surface area contributed by atoms with Gasteiger partial charge in [0.15, 0.2) is 0 Å². The molecule has 1 atom stereocenters. The molecule has 1 unspecified atom stereocenters. The highest BCUT2D eigenvalue weighted by atomic mass is 16.2. The second-order valence-electron chi connectivity index (χ2n) is 5.20. The molecule has 2 aromatic rings. The minimum atomic E-state index is -0.286. The maximum atomic E-state index is 12.1. The molecule has 0 bridgehead atoms. The topological polar surface area (TPSA) is 68.5 Å². The first kappa shape index (κ1) is 14.8. The van der Waals surface area contributed by atoms with Crippen LogP contribution in [0, 0.1) is 11.3 Å².